The lowest BCUT2D eigenvalue weighted by Gasteiger charge is -2.26. The van der Waals surface area contributed by atoms with Gasteiger partial charge in [-0.05, 0) is 44.6 Å². The van der Waals surface area contributed by atoms with Gasteiger partial charge in [-0.25, -0.2) is 8.78 Å². The van der Waals surface area contributed by atoms with Gasteiger partial charge in [0.25, 0.3) is 0 Å². The molecule has 1 aliphatic heterocycles. The van der Waals surface area contributed by atoms with E-state index in [2.05, 4.69) is 10.2 Å². The average Bonchev–Trinajstić information content (AvgIpc) is 2.47. The van der Waals surface area contributed by atoms with Gasteiger partial charge in [-0.2, -0.15) is 0 Å². The first-order valence-electron chi connectivity index (χ1n) is 7.15. The van der Waals surface area contributed by atoms with Gasteiger partial charge in [0.05, 0.1) is 13.2 Å². The van der Waals surface area contributed by atoms with Crippen molar-refractivity contribution in [2.45, 2.75) is 19.4 Å². The summed E-state index contributed by atoms with van der Waals surface area (Å²) in [5.74, 6) is -0.761. The van der Waals surface area contributed by atoms with Gasteiger partial charge in [0.2, 0.25) is 0 Å². The highest BCUT2D eigenvalue weighted by atomic mass is 19.1. The number of ether oxygens (including phenoxy) is 1. The average molecular weight is 284 g/mol. The van der Waals surface area contributed by atoms with Crippen molar-refractivity contribution in [2.24, 2.45) is 0 Å². The third kappa shape index (κ3) is 4.51. The molecular weight excluding hydrogens is 262 g/mol. The zero-order valence-corrected chi connectivity index (χ0v) is 11.9. The van der Waals surface area contributed by atoms with Crippen molar-refractivity contribution in [2.75, 3.05) is 39.4 Å². The zero-order valence-electron chi connectivity index (χ0n) is 11.9. The number of halogens is 2. The monoisotopic (exact) mass is 284 g/mol. The highest BCUT2D eigenvalue weighted by molar-refractivity contribution is 5.21. The van der Waals surface area contributed by atoms with Gasteiger partial charge in [-0.3, -0.25) is 4.90 Å². The van der Waals surface area contributed by atoms with Crippen LogP contribution in [0.3, 0.4) is 0 Å². The normalized spacial score (nSPS) is 18.1. The molecule has 20 heavy (non-hydrogen) atoms. The number of nitrogens with one attached hydrogen (secondary N) is 1. The fourth-order valence-corrected chi connectivity index (χ4v) is 2.40. The topological polar surface area (TPSA) is 24.5 Å². The number of hydrogen-bond acceptors (Lipinski definition) is 3. The molecule has 1 aromatic rings. The van der Waals surface area contributed by atoms with Crippen LogP contribution in [0.25, 0.3) is 0 Å². The molecule has 0 spiro atoms. The maximum absolute atomic E-state index is 13.6. The lowest BCUT2D eigenvalue weighted by Crippen LogP contribution is -2.37. The Bertz CT molecular complexity index is 422. The van der Waals surface area contributed by atoms with Crippen LogP contribution in [0, 0.1) is 11.6 Å². The van der Waals surface area contributed by atoms with Crippen LogP contribution in [-0.2, 0) is 4.74 Å². The zero-order chi connectivity index (χ0) is 14.4. The summed E-state index contributed by atoms with van der Waals surface area (Å²) in [6, 6.07) is 3.39. The van der Waals surface area contributed by atoms with E-state index in [4.69, 9.17) is 4.74 Å². The molecule has 2 rings (SSSR count). The molecule has 0 aromatic heterocycles. The van der Waals surface area contributed by atoms with E-state index in [1.165, 1.54) is 12.1 Å². The molecule has 0 saturated carbocycles. The quantitative estimate of drug-likeness (QED) is 0.812. The standard InChI is InChI=1S/C15H22F2N2O/c1-12(14-11-13(16)3-4-15(14)17)18-5-2-6-19-7-9-20-10-8-19/h3-4,11-12,18H,2,5-10H2,1H3. The maximum atomic E-state index is 13.6. The van der Waals surface area contributed by atoms with Crippen molar-refractivity contribution in [1.82, 2.24) is 10.2 Å². The second-order valence-corrected chi connectivity index (χ2v) is 5.15. The number of nitrogens with zero attached hydrogens (tertiary/aromatic N) is 1. The van der Waals surface area contributed by atoms with Crippen molar-refractivity contribution < 1.29 is 13.5 Å². The van der Waals surface area contributed by atoms with Crippen molar-refractivity contribution in [3.05, 3.63) is 35.4 Å². The third-order valence-electron chi connectivity index (χ3n) is 3.63. The molecule has 0 bridgehead atoms. The molecule has 0 radical (unpaired) electrons. The summed E-state index contributed by atoms with van der Waals surface area (Å²) in [5.41, 5.74) is 0.386. The summed E-state index contributed by atoms with van der Waals surface area (Å²) in [5, 5.41) is 3.24. The molecule has 1 aliphatic rings. The number of hydrogen-bond donors (Lipinski definition) is 1. The van der Waals surface area contributed by atoms with Gasteiger partial charge in [-0.1, -0.05) is 0 Å². The lowest BCUT2D eigenvalue weighted by molar-refractivity contribution is 0.0374. The second kappa shape index (κ2) is 7.67. The van der Waals surface area contributed by atoms with Crippen molar-refractivity contribution >= 4 is 0 Å². The van der Waals surface area contributed by atoms with E-state index >= 15 is 0 Å². The third-order valence-corrected chi connectivity index (χ3v) is 3.63. The van der Waals surface area contributed by atoms with Crippen LogP contribution in [0.4, 0.5) is 8.78 Å². The van der Waals surface area contributed by atoms with Crippen LogP contribution in [0.15, 0.2) is 18.2 Å². The Hall–Kier alpha value is -1.04. The molecule has 1 unspecified atom stereocenters. The SMILES string of the molecule is CC(NCCCN1CCOCC1)c1cc(F)ccc1F. The molecule has 1 heterocycles. The summed E-state index contributed by atoms with van der Waals surface area (Å²) >= 11 is 0. The van der Waals surface area contributed by atoms with Gasteiger partial charge in [0.15, 0.2) is 0 Å². The van der Waals surface area contributed by atoms with Crippen LogP contribution in [0.1, 0.15) is 24.9 Å². The molecular formula is C15H22F2N2O. The van der Waals surface area contributed by atoms with E-state index in [-0.39, 0.29) is 11.9 Å². The minimum absolute atomic E-state index is 0.185. The fourth-order valence-electron chi connectivity index (χ4n) is 2.40. The summed E-state index contributed by atoms with van der Waals surface area (Å²) < 4.78 is 32.0. The second-order valence-electron chi connectivity index (χ2n) is 5.15. The molecule has 0 aliphatic carbocycles. The van der Waals surface area contributed by atoms with E-state index in [0.717, 1.165) is 51.9 Å². The Labute approximate surface area is 118 Å². The minimum atomic E-state index is -0.400. The maximum Gasteiger partial charge on any atom is 0.128 e. The molecule has 1 saturated heterocycles. The van der Waals surface area contributed by atoms with Gasteiger partial charge in [-0.15, -0.1) is 0 Å². The van der Waals surface area contributed by atoms with Crippen molar-refractivity contribution in [1.29, 1.82) is 0 Å². The first-order chi connectivity index (χ1) is 9.66. The van der Waals surface area contributed by atoms with E-state index in [1.54, 1.807) is 0 Å². The minimum Gasteiger partial charge on any atom is -0.379 e. The molecule has 5 heteroatoms. The Morgan fingerprint density at radius 1 is 1.30 bits per heavy atom. The summed E-state index contributed by atoms with van der Waals surface area (Å²) in [4.78, 5) is 2.36. The van der Waals surface area contributed by atoms with Crippen LogP contribution in [0.2, 0.25) is 0 Å². The summed E-state index contributed by atoms with van der Waals surface area (Å²) in [6.07, 6.45) is 0.987. The van der Waals surface area contributed by atoms with E-state index < -0.39 is 5.82 Å². The molecule has 1 fully saturated rings. The Balaban J connectivity index is 1.71. The van der Waals surface area contributed by atoms with Crippen LogP contribution in [0.5, 0.6) is 0 Å². The van der Waals surface area contributed by atoms with E-state index in [1.807, 2.05) is 6.92 Å². The van der Waals surface area contributed by atoms with E-state index in [0.29, 0.717) is 5.56 Å². The van der Waals surface area contributed by atoms with Gasteiger partial charge >= 0.3 is 0 Å². The van der Waals surface area contributed by atoms with Crippen molar-refractivity contribution in [3.8, 4) is 0 Å². The van der Waals surface area contributed by atoms with Crippen LogP contribution >= 0.6 is 0 Å². The highest BCUT2D eigenvalue weighted by Gasteiger charge is 2.12. The molecule has 3 nitrogen and oxygen atoms in total. The molecule has 1 atom stereocenters. The Kier molecular flexibility index (Phi) is 5.88. The van der Waals surface area contributed by atoms with E-state index in [9.17, 15) is 8.78 Å². The highest BCUT2D eigenvalue weighted by Crippen LogP contribution is 2.17. The van der Waals surface area contributed by atoms with Gasteiger partial charge in [0, 0.05) is 24.7 Å². The van der Waals surface area contributed by atoms with Crippen molar-refractivity contribution in [3.63, 3.8) is 0 Å². The van der Waals surface area contributed by atoms with Crippen LogP contribution in [-0.4, -0.2) is 44.3 Å². The first kappa shape index (κ1) is 15.4. The smallest absolute Gasteiger partial charge is 0.128 e. The first-order valence-corrected chi connectivity index (χ1v) is 7.15. The predicted molar refractivity (Wildman–Crippen MR) is 74.7 cm³/mol. The summed E-state index contributed by atoms with van der Waals surface area (Å²) in [7, 11) is 0. The number of benzene rings is 1. The largest absolute Gasteiger partial charge is 0.379 e. The summed E-state index contributed by atoms with van der Waals surface area (Å²) in [6.45, 7) is 7.22. The molecule has 112 valence electrons. The Morgan fingerprint density at radius 3 is 2.80 bits per heavy atom. The predicted octanol–water partition coefficient (Wildman–Crippen LogP) is 2.34. The molecule has 0 amide bonds. The fraction of sp³-hybridized carbons (Fsp3) is 0.600. The van der Waals surface area contributed by atoms with Gasteiger partial charge in [0.1, 0.15) is 11.6 Å². The number of rotatable bonds is 6. The molecule has 1 aromatic carbocycles. The van der Waals surface area contributed by atoms with Gasteiger partial charge < -0.3 is 10.1 Å². The number of morpholine rings is 1. The Morgan fingerprint density at radius 2 is 2.05 bits per heavy atom. The molecule has 1 N–H and O–H groups in total. The van der Waals surface area contributed by atoms with Crippen LogP contribution < -0.4 is 5.32 Å². The lowest BCUT2D eigenvalue weighted by atomic mass is 10.1.